The van der Waals surface area contributed by atoms with Gasteiger partial charge in [0, 0.05) is 18.5 Å². The number of hydrogen-bond acceptors (Lipinski definition) is 2. The lowest BCUT2D eigenvalue weighted by Crippen LogP contribution is -2.32. The van der Waals surface area contributed by atoms with E-state index in [-0.39, 0.29) is 11.8 Å². The summed E-state index contributed by atoms with van der Waals surface area (Å²) in [5.41, 5.74) is 0.951. The van der Waals surface area contributed by atoms with E-state index >= 15 is 0 Å². The van der Waals surface area contributed by atoms with E-state index in [1.807, 2.05) is 6.92 Å². The summed E-state index contributed by atoms with van der Waals surface area (Å²) in [5.74, 6) is -0.697. The Bertz CT molecular complexity index is 287. The van der Waals surface area contributed by atoms with Crippen LogP contribution in [0.1, 0.15) is 39.0 Å². The maximum absolute atomic E-state index is 11.6. The second-order valence-electron chi connectivity index (χ2n) is 4.21. The van der Waals surface area contributed by atoms with Crippen LogP contribution in [0.25, 0.3) is 0 Å². The number of aliphatic carboxylic acids is 1. The van der Waals surface area contributed by atoms with Gasteiger partial charge in [-0.05, 0) is 32.1 Å². The average Bonchev–Trinajstić information content (AvgIpc) is 2.26. The van der Waals surface area contributed by atoms with Gasteiger partial charge in [0.05, 0.1) is 0 Å². The summed E-state index contributed by atoms with van der Waals surface area (Å²) in [7, 11) is 0. The lowest BCUT2D eigenvalue weighted by molar-refractivity contribution is -0.131. The highest BCUT2D eigenvalue weighted by Crippen LogP contribution is 2.28. The zero-order valence-electron chi connectivity index (χ0n) is 9.66. The molecule has 0 bridgehead atoms. The van der Waals surface area contributed by atoms with Gasteiger partial charge in [0.2, 0.25) is 5.91 Å². The average molecular weight is 225 g/mol. The fourth-order valence-corrected chi connectivity index (χ4v) is 1.96. The lowest BCUT2D eigenvalue weighted by Gasteiger charge is -2.22. The van der Waals surface area contributed by atoms with Crippen molar-refractivity contribution in [1.82, 2.24) is 5.32 Å². The molecule has 0 unspecified atom stereocenters. The van der Waals surface area contributed by atoms with E-state index in [4.69, 9.17) is 5.11 Å². The number of nitrogens with one attached hydrogen (secondary N) is 1. The predicted octanol–water partition coefficient (Wildman–Crippen LogP) is 1.71. The van der Waals surface area contributed by atoms with Crippen LogP contribution in [0.15, 0.2) is 11.6 Å². The maximum Gasteiger partial charge on any atom is 0.328 e. The molecule has 0 aliphatic heterocycles. The van der Waals surface area contributed by atoms with Gasteiger partial charge in [-0.2, -0.15) is 0 Å². The molecule has 90 valence electrons. The van der Waals surface area contributed by atoms with Crippen molar-refractivity contribution >= 4 is 11.9 Å². The summed E-state index contributed by atoms with van der Waals surface area (Å²) < 4.78 is 0. The molecule has 0 atom stereocenters. The summed E-state index contributed by atoms with van der Waals surface area (Å²) >= 11 is 0. The van der Waals surface area contributed by atoms with Crippen LogP contribution in [0.4, 0.5) is 0 Å². The molecule has 1 aliphatic rings. The molecule has 4 nitrogen and oxygen atoms in total. The number of amides is 1. The Morgan fingerprint density at radius 3 is 2.56 bits per heavy atom. The molecule has 4 heteroatoms. The van der Waals surface area contributed by atoms with Crippen LogP contribution >= 0.6 is 0 Å². The zero-order valence-corrected chi connectivity index (χ0v) is 9.66. The molecule has 1 aliphatic carbocycles. The Morgan fingerprint density at radius 2 is 2.06 bits per heavy atom. The first-order valence-corrected chi connectivity index (χ1v) is 5.83. The molecule has 0 heterocycles. The first-order chi connectivity index (χ1) is 7.63. The lowest BCUT2D eigenvalue weighted by atomic mass is 9.85. The van der Waals surface area contributed by atoms with Gasteiger partial charge in [-0.25, -0.2) is 4.79 Å². The number of carbonyl (C=O) groups excluding carboxylic acids is 1. The Balaban J connectivity index is 2.37. The SMILES string of the molecule is CCCNC(=O)C1CCC(=CC(=O)O)CC1. The molecule has 1 fully saturated rings. The third kappa shape index (κ3) is 4.04. The van der Waals surface area contributed by atoms with Crippen molar-refractivity contribution in [2.75, 3.05) is 6.54 Å². The third-order valence-corrected chi connectivity index (χ3v) is 2.88. The van der Waals surface area contributed by atoms with E-state index in [0.717, 1.165) is 44.2 Å². The Labute approximate surface area is 95.7 Å². The predicted molar refractivity (Wildman–Crippen MR) is 61.0 cm³/mol. The number of allylic oxidation sites excluding steroid dienone is 1. The molecule has 0 saturated heterocycles. The minimum atomic E-state index is -0.885. The molecule has 16 heavy (non-hydrogen) atoms. The van der Waals surface area contributed by atoms with Crippen molar-refractivity contribution < 1.29 is 14.7 Å². The summed E-state index contributed by atoms with van der Waals surface area (Å²) in [4.78, 5) is 22.1. The topological polar surface area (TPSA) is 66.4 Å². The van der Waals surface area contributed by atoms with Crippen molar-refractivity contribution in [3.63, 3.8) is 0 Å². The second kappa shape index (κ2) is 6.30. The molecule has 0 aromatic heterocycles. The Kier molecular flexibility index (Phi) is 5.02. The number of carboxylic acid groups (broad SMARTS) is 1. The van der Waals surface area contributed by atoms with Crippen molar-refractivity contribution in [1.29, 1.82) is 0 Å². The maximum atomic E-state index is 11.6. The molecule has 2 N–H and O–H groups in total. The fraction of sp³-hybridized carbons (Fsp3) is 0.667. The van der Waals surface area contributed by atoms with Gasteiger partial charge in [-0.1, -0.05) is 12.5 Å². The highest BCUT2D eigenvalue weighted by atomic mass is 16.4. The number of hydrogen-bond donors (Lipinski definition) is 2. The minimum absolute atomic E-state index is 0.0671. The molecular formula is C12H19NO3. The summed E-state index contributed by atoms with van der Waals surface area (Å²) in [5, 5.41) is 11.5. The van der Waals surface area contributed by atoms with Crippen LogP contribution in [0.2, 0.25) is 0 Å². The molecule has 0 radical (unpaired) electrons. The number of rotatable bonds is 4. The first kappa shape index (κ1) is 12.7. The van der Waals surface area contributed by atoms with E-state index in [9.17, 15) is 9.59 Å². The highest BCUT2D eigenvalue weighted by molar-refractivity contribution is 5.81. The van der Waals surface area contributed by atoms with Crippen molar-refractivity contribution in [3.05, 3.63) is 11.6 Å². The second-order valence-corrected chi connectivity index (χ2v) is 4.21. The van der Waals surface area contributed by atoms with Crippen molar-refractivity contribution in [3.8, 4) is 0 Å². The highest BCUT2D eigenvalue weighted by Gasteiger charge is 2.22. The van der Waals surface area contributed by atoms with E-state index in [0.29, 0.717) is 0 Å². The molecular weight excluding hydrogens is 206 g/mol. The molecule has 1 saturated carbocycles. The first-order valence-electron chi connectivity index (χ1n) is 5.83. The zero-order chi connectivity index (χ0) is 12.0. The van der Waals surface area contributed by atoms with Crippen LogP contribution in [-0.2, 0) is 9.59 Å². The van der Waals surface area contributed by atoms with Crippen LogP contribution in [0.5, 0.6) is 0 Å². The van der Waals surface area contributed by atoms with Crippen LogP contribution in [-0.4, -0.2) is 23.5 Å². The standard InChI is InChI=1S/C12H19NO3/c1-2-7-13-12(16)10-5-3-9(4-6-10)8-11(14)15/h8,10H,2-7H2,1H3,(H,13,16)(H,14,15). The van der Waals surface area contributed by atoms with Gasteiger partial charge in [-0.15, -0.1) is 0 Å². The number of carboxylic acids is 1. The van der Waals surface area contributed by atoms with Crippen LogP contribution in [0.3, 0.4) is 0 Å². The molecule has 0 aromatic carbocycles. The van der Waals surface area contributed by atoms with E-state index in [1.54, 1.807) is 0 Å². The van der Waals surface area contributed by atoms with Gasteiger partial charge in [-0.3, -0.25) is 4.79 Å². The van der Waals surface area contributed by atoms with E-state index < -0.39 is 5.97 Å². The third-order valence-electron chi connectivity index (χ3n) is 2.88. The summed E-state index contributed by atoms with van der Waals surface area (Å²) in [6.45, 7) is 2.75. The van der Waals surface area contributed by atoms with Gasteiger partial charge < -0.3 is 10.4 Å². The summed E-state index contributed by atoms with van der Waals surface area (Å²) in [6, 6.07) is 0. The Morgan fingerprint density at radius 1 is 1.44 bits per heavy atom. The number of carbonyl (C=O) groups is 2. The largest absolute Gasteiger partial charge is 0.478 e. The normalized spacial score (nSPS) is 20.3. The molecule has 0 aromatic rings. The minimum Gasteiger partial charge on any atom is -0.478 e. The van der Waals surface area contributed by atoms with Crippen molar-refractivity contribution in [2.24, 2.45) is 5.92 Å². The Hall–Kier alpha value is -1.32. The van der Waals surface area contributed by atoms with E-state index in [1.165, 1.54) is 6.08 Å². The van der Waals surface area contributed by atoms with Gasteiger partial charge in [0.15, 0.2) is 0 Å². The van der Waals surface area contributed by atoms with Crippen LogP contribution < -0.4 is 5.32 Å². The molecule has 0 spiro atoms. The van der Waals surface area contributed by atoms with Gasteiger partial charge in [0.1, 0.15) is 0 Å². The fourth-order valence-electron chi connectivity index (χ4n) is 1.96. The smallest absolute Gasteiger partial charge is 0.328 e. The van der Waals surface area contributed by atoms with E-state index in [2.05, 4.69) is 5.32 Å². The van der Waals surface area contributed by atoms with Crippen LogP contribution in [0, 0.1) is 5.92 Å². The molecule has 1 amide bonds. The monoisotopic (exact) mass is 225 g/mol. The summed E-state index contributed by atoms with van der Waals surface area (Å²) in [6.07, 6.45) is 5.24. The van der Waals surface area contributed by atoms with Crippen molar-refractivity contribution in [2.45, 2.75) is 39.0 Å². The van der Waals surface area contributed by atoms with Gasteiger partial charge in [0.25, 0.3) is 0 Å². The quantitative estimate of drug-likeness (QED) is 0.716. The molecule has 1 rings (SSSR count). The van der Waals surface area contributed by atoms with Gasteiger partial charge >= 0.3 is 5.97 Å².